The summed E-state index contributed by atoms with van der Waals surface area (Å²) in [4.78, 5) is 2.29. The standard InChI is InChI=1S/C20H27N3.3C7H7.Zr/c1-5-23(6-2)20(21-15-18-13-8-7-9-14-18)22-19-16(3)11-10-12-17(19)4;3*1-7-5-3-2-4-6-7;/h7-14,20H,5-6,15H2,1-4H3;3*2-6H,1H2;/q-2;3*-1;. The van der Waals surface area contributed by atoms with Crippen LogP contribution in [-0.2, 0) is 32.7 Å². The van der Waals surface area contributed by atoms with Crippen LogP contribution in [0.25, 0.3) is 10.6 Å². The maximum absolute atomic E-state index is 4.97. The summed E-state index contributed by atoms with van der Waals surface area (Å²) in [6.07, 6.45) is -0.134. The normalized spacial score (nSPS) is 10.3. The molecule has 0 bridgehead atoms. The summed E-state index contributed by atoms with van der Waals surface area (Å²) in [5, 5.41) is 9.85. The SMILES string of the molecule is CCN(CC)C([N-]Cc1ccccc1)[N-]c1c(C)cccc1C.[CH2-]c1ccccc1.[CH2-]c1ccccc1.[CH2-]c1ccccc1.[Zr]. The van der Waals surface area contributed by atoms with E-state index in [1.54, 1.807) is 0 Å². The molecule has 5 aromatic rings. The van der Waals surface area contributed by atoms with E-state index in [0.29, 0.717) is 6.54 Å². The van der Waals surface area contributed by atoms with Gasteiger partial charge in [0.25, 0.3) is 0 Å². The molecule has 0 saturated heterocycles. The largest absolute Gasteiger partial charge is 0.687 e. The van der Waals surface area contributed by atoms with Crippen molar-refractivity contribution in [2.75, 3.05) is 13.1 Å². The van der Waals surface area contributed by atoms with Gasteiger partial charge in [-0.25, -0.2) is 0 Å². The fraction of sp³-hybridized carbons (Fsp3) is 0.195. The molecular weight excluding hydrogens is 626 g/mol. The molecule has 0 N–H and O–H groups in total. The van der Waals surface area contributed by atoms with Crippen molar-refractivity contribution in [1.29, 1.82) is 0 Å². The van der Waals surface area contributed by atoms with Gasteiger partial charge < -0.3 is 15.5 Å². The van der Waals surface area contributed by atoms with Gasteiger partial charge in [-0.05, 0) is 26.9 Å². The van der Waals surface area contributed by atoms with Gasteiger partial charge in [-0.15, -0.1) is 48.6 Å². The minimum Gasteiger partial charge on any atom is -0.687 e. The molecule has 0 saturated carbocycles. The van der Waals surface area contributed by atoms with Crippen LogP contribution in [0.1, 0.15) is 47.2 Å². The van der Waals surface area contributed by atoms with Gasteiger partial charge in [0.2, 0.25) is 0 Å². The Morgan fingerprint density at radius 3 is 1.20 bits per heavy atom. The Kier molecular flexibility index (Phi) is 20.7. The van der Waals surface area contributed by atoms with Crippen molar-refractivity contribution < 1.29 is 26.2 Å². The van der Waals surface area contributed by atoms with Gasteiger partial charge in [0.1, 0.15) is 0 Å². The zero-order valence-corrected chi connectivity index (χ0v) is 29.9. The van der Waals surface area contributed by atoms with Crippen LogP contribution < -0.4 is 0 Å². The number of hydrogen-bond donors (Lipinski definition) is 0. The first-order valence-corrected chi connectivity index (χ1v) is 15.2. The van der Waals surface area contributed by atoms with Crippen LogP contribution in [-0.4, -0.2) is 24.3 Å². The number of hydrogen-bond acceptors (Lipinski definition) is 1. The number of aryl methyl sites for hydroxylation is 2. The van der Waals surface area contributed by atoms with Crippen molar-refractivity contribution in [3.8, 4) is 0 Å². The van der Waals surface area contributed by atoms with E-state index in [4.69, 9.17) is 10.6 Å². The molecule has 236 valence electrons. The smallest absolute Gasteiger partial charge is 0 e. The molecule has 0 heterocycles. The van der Waals surface area contributed by atoms with Crippen LogP contribution in [0.15, 0.2) is 140 Å². The Bertz CT molecular complexity index is 1280. The Morgan fingerprint density at radius 1 is 0.533 bits per heavy atom. The fourth-order valence-corrected chi connectivity index (χ4v) is 4.12. The first kappa shape index (κ1) is 39.3. The van der Waals surface area contributed by atoms with Gasteiger partial charge in [-0.1, -0.05) is 97.3 Å². The molecule has 3 nitrogen and oxygen atoms in total. The topological polar surface area (TPSA) is 31.4 Å². The van der Waals surface area contributed by atoms with Crippen molar-refractivity contribution in [3.63, 3.8) is 0 Å². The molecule has 0 fully saturated rings. The van der Waals surface area contributed by atoms with Gasteiger partial charge in [0.15, 0.2) is 0 Å². The molecule has 1 atom stereocenters. The molecule has 0 amide bonds. The van der Waals surface area contributed by atoms with Gasteiger partial charge in [0.05, 0.1) is 0 Å². The van der Waals surface area contributed by atoms with Gasteiger partial charge >= 0.3 is 0 Å². The molecule has 0 aromatic heterocycles. The average Bonchev–Trinajstić information content (AvgIpc) is 3.04. The second-order valence-electron chi connectivity index (χ2n) is 10.2. The third kappa shape index (κ3) is 16.8. The quantitative estimate of drug-likeness (QED) is 0.151. The molecule has 5 aromatic carbocycles. The Labute approximate surface area is 293 Å². The third-order valence-electron chi connectivity index (χ3n) is 6.63. The third-order valence-corrected chi connectivity index (χ3v) is 6.63. The van der Waals surface area contributed by atoms with Crippen LogP contribution in [0.4, 0.5) is 5.69 Å². The van der Waals surface area contributed by atoms with Crippen LogP contribution in [0.5, 0.6) is 0 Å². The molecule has 0 aliphatic carbocycles. The number of para-hydroxylation sites is 1. The fourth-order valence-electron chi connectivity index (χ4n) is 4.12. The second-order valence-corrected chi connectivity index (χ2v) is 10.2. The van der Waals surface area contributed by atoms with E-state index in [2.05, 4.69) is 95.8 Å². The minimum atomic E-state index is -0.134. The van der Waals surface area contributed by atoms with Crippen LogP contribution in [0.2, 0.25) is 0 Å². The molecule has 5 rings (SSSR count). The van der Waals surface area contributed by atoms with Gasteiger partial charge in [-0.3, -0.25) is 0 Å². The maximum atomic E-state index is 4.97. The summed E-state index contributed by atoms with van der Waals surface area (Å²) >= 11 is 0. The van der Waals surface area contributed by atoms with Crippen LogP contribution in [0.3, 0.4) is 0 Å². The number of benzene rings is 5. The van der Waals surface area contributed by atoms with E-state index < -0.39 is 0 Å². The predicted molar refractivity (Wildman–Crippen MR) is 192 cm³/mol. The molecule has 0 aliphatic heterocycles. The monoisotopic (exact) mass is 672 g/mol. The number of rotatable bonds is 8. The summed E-state index contributed by atoms with van der Waals surface area (Å²) < 4.78 is 0. The Hall–Kier alpha value is -3.69. The van der Waals surface area contributed by atoms with E-state index in [0.717, 1.165) is 35.5 Å². The summed E-state index contributed by atoms with van der Waals surface area (Å²) in [6, 6.07) is 46.3. The molecule has 4 heteroatoms. The first-order chi connectivity index (χ1) is 21.3. The Balaban J connectivity index is 0.000000370. The van der Waals surface area contributed by atoms with Crippen LogP contribution in [0, 0.1) is 34.6 Å². The molecule has 45 heavy (non-hydrogen) atoms. The summed E-state index contributed by atoms with van der Waals surface area (Å²) in [5.41, 5.74) is 7.92. The van der Waals surface area contributed by atoms with E-state index in [-0.39, 0.29) is 32.5 Å². The average molecular weight is 674 g/mol. The molecule has 0 spiro atoms. The summed E-state index contributed by atoms with van der Waals surface area (Å²) in [7, 11) is 0. The Morgan fingerprint density at radius 2 is 0.889 bits per heavy atom. The molecule has 0 aliphatic rings. The van der Waals surface area contributed by atoms with E-state index in [1.165, 1.54) is 16.7 Å². The van der Waals surface area contributed by atoms with Crippen molar-refractivity contribution in [1.82, 2.24) is 4.90 Å². The van der Waals surface area contributed by atoms with Gasteiger partial charge in [-0.2, -0.15) is 80.1 Å². The summed E-state index contributed by atoms with van der Waals surface area (Å²) in [5.74, 6) is 0. The molecular formula is C41H48N3Zr-5. The second kappa shape index (κ2) is 23.7. The molecule has 0 radical (unpaired) electrons. The minimum absolute atomic E-state index is 0. The van der Waals surface area contributed by atoms with Crippen molar-refractivity contribution in [2.24, 2.45) is 0 Å². The molecule has 1 unspecified atom stereocenters. The van der Waals surface area contributed by atoms with E-state index >= 15 is 0 Å². The van der Waals surface area contributed by atoms with Crippen LogP contribution >= 0.6 is 0 Å². The van der Waals surface area contributed by atoms with Crippen molar-refractivity contribution in [2.45, 2.75) is 40.5 Å². The number of nitrogens with zero attached hydrogens (tertiary/aromatic N) is 3. The first-order valence-electron chi connectivity index (χ1n) is 15.2. The van der Waals surface area contributed by atoms with E-state index in [1.807, 2.05) is 97.1 Å². The summed E-state index contributed by atoms with van der Waals surface area (Å²) in [6.45, 7) is 22.3. The van der Waals surface area contributed by atoms with Gasteiger partial charge in [0, 0.05) is 26.2 Å². The zero-order chi connectivity index (χ0) is 32.0. The van der Waals surface area contributed by atoms with Crippen molar-refractivity contribution >= 4 is 5.69 Å². The predicted octanol–water partition coefficient (Wildman–Crippen LogP) is 11.1. The zero-order valence-electron chi connectivity index (χ0n) is 27.4. The van der Waals surface area contributed by atoms with Crippen molar-refractivity contribution in [3.05, 3.63) is 204 Å². The van der Waals surface area contributed by atoms with E-state index in [9.17, 15) is 0 Å². The maximum Gasteiger partial charge on any atom is 0 e.